The third kappa shape index (κ3) is 12.3. The first-order valence-corrected chi connectivity index (χ1v) is 34.3. The molecule has 0 bridgehead atoms. The molecule has 1 aromatic rings. The maximum absolute atomic E-state index is 12.8. The van der Waals surface area contributed by atoms with Gasteiger partial charge in [0.15, 0.2) is 8.32 Å². The van der Waals surface area contributed by atoms with Gasteiger partial charge in [0.25, 0.3) is 0 Å². The van der Waals surface area contributed by atoms with Crippen LogP contribution in [0.1, 0.15) is 149 Å². The lowest BCUT2D eigenvalue weighted by Gasteiger charge is -2.57. The monoisotopic (exact) mass is 905 g/mol. The predicted octanol–water partition coefficient (Wildman–Crippen LogP) is 13.7. The summed E-state index contributed by atoms with van der Waals surface area (Å²) in [5.41, 5.74) is 0.313. The SMILES string of the molecule is C=C(C)C(=O)OC(C)CC(C)(CC)[Si](C)(C)[C@@](C)(CC)O[Si](C)(c1ccccc1)[C@H](C)C(C)O[Si](C)(C)C(C)(CC)O[Si](C)(C)C(C)(CC)CC(C)(CC)OC(=O)C(=C)C. The first-order valence-electron chi connectivity index (χ1n) is 23.0. The van der Waals surface area contributed by atoms with Crippen molar-refractivity contribution in [3.05, 3.63) is 54.6 Å². The van der Waals surface area contributed by atoms with Gasteiger partial charge in [-0.15, -0.1) is 0 Å². The molecule has 1 aromatic carbocycles. The highest BCUT2D eigenvalue weighted by Crippen LogP contribution is 2.55. The third-order valence-electron chi connectivity index (χ3n) is 16.4. The predicted molar refractivity (Wildman–Crippen MR) is 266 cm³/mol. The first kappa shape index (κ1) is 56.4. The second-order valence-electron chi connectivity index (χ2n) is 21.3. The average molecular weight is 906 g/mol. The van der Waals surface area contributed by atoms with Crippen LogP contribution in [0.5, 0.6) is 0 Å². The van der Waals surface area contributed by atoms with Gasteiger partial charge in [-0.1, -0.05) is 125 Å². The van der Waals surface area contributed by atoms with Crippen molar-refractivity contribution in [1.82, 2.24) is 0 Å². The fourth-order valence-corrected chi connectivity index (χ4v) is 25.8. The summed E-state index contributed by atoms with van der Waals surface area (Å²) in [5, 5.41) is 0.143. The van der Waals surface area contributed by atoms with Crippen molar-refractivity contribution in [3.8, 4) is 0 Å². The van der Waals surface area contributed by atoms with E-state index in [0.29, 0.717) is 24.0 Å². The fourth-order valence-electron chi connectivity index (χ4n) is 9.31. The lowest BCUT2D eigenvalue weighted by Crippen LogP contribution is -2.68. The Morgan fingerprint density at radius 3 is 1.55 bits per heavy atom. The van der Waals surface area contributed by atoms with Crippen molar-refractivity contribution in [2.75, 3.05) is 0 Å². The molecule has 60 heavy (non-hydrogen) atoms. The van der Waals surface area contributed by atoms with Crippen LogP contribution in [0.4, 0.5) is 0 Å². The Bertz CT molecular complexity index is 1620. The van der Waals surface area contributed by atoms with Gasteiger partial charge in [0.05, 0.1) is 19.4 Å². The molecule has 0 aliphatic rings. The van der Waals surface area contributed by atoms with Gasteiger partial charge >= 0.3 is 11.9 Å². The minimum Gasteiger partial charge on any atom is -0.459 e. The highest BCUT2D eigenvalue weighted by Gasteiger charge is 2.59. The summed E-state index contributed by atoms with van der Waals surface area (Å²) >= 11 is 0. The molecule has 7 unspecified atom stereocenters. The van der Waals surface area contributed by atoms with Crippen LogP contribution >= 0.6 is 0 Å². The Kier molecular flexibility index (Phi) is 19.7. The molecule has 0 N–H and O–H groups in total. The summed E-state index contributed by atoms with van der Waals surface area (Å²) in [4.78, 5) is 25.4. The van der Waals surface area contributed by atoms with Gasteiger partial charge in [0.1, 0.15) is 5.60 Å². The van der Waals surface area contributed by atoms with Crippen LogP contribution < -0.4 is 5.19 Å². The van der Waals surface area contributed by atoms with Crippen molar-refractivity contribution in [2.24, 2.45) is 0 Å². The van der Waals surface area contributed by atoms with E-state index in [0.717, 1.165) is 32.1 Å². The van der Waals surface area contributed by atoms with E-state index in [9.17, 15) is 9.59 Å². The Hall–Kier alpha value is -1.61. The topological polar surface area (TPSA) is 80.3 Å². The Morgan fingerprint density at radius 1 is 0.650 bits per heavy atom. The Morgan fingerprint density at radius 2 is 1.13 bits per heavy atom. The van der Waals surface area contributed by atoms with Gasteiger partial charge in [-0.3, -0.25) is 0 Å². The molecule has 9 atom stereocenters. The van der Waals surface area contributed by atoms with Crippen LogP contribution in [0.15, 0.2) is 54.6 Å². The summed E-state index contributed by atoms with van der Waals surface area (Å²) in [6.45, 7) is 57.0. The molecule has 0 aliphatic carbocycles. The smallest absolute Gasteiger partial charge is 0.333 e. The summed E-state index contributed by atoms with van der Waals surface area (Å²) in [6.07, 6.45) is 5.42. The van der Waals surface area contributed by atoms with Crippen molar-refractivity contribution in [2.45, 2.75) is 239 Å². The molecule has 11 heteroatoms. The van der Waals surface area contributed by atoms with Crippen LogP contribution in [0.2, 0.25) is 61.4 Å². The Balaban J connectivity index is 3.72. The van der Waals surface area contributed by atoms with Crippen LogP contribution in [0.25, 0.3) is 0 Å². The van der Waals surface area contributed by atoms with E-state index in [2.05, 4.69) is 172 Å². The van der Waals surface area contributed by atoms with E-state index in [1.807, 2.05) is 6.92 Å². The first-order chi connectivity index (χ1) is 27.1. The molecule has 0 spiro atoms. The second-order valence-corrected chi connectivity index (χ2v) is 39.4. The molecular formula is C49H92O7Si4. The highest BCUT2D eigenvalue weighted by molar-refractivity contribution is 6.89. The van der Waals surface area contributed by atoms with Gasteiger partial charge in [-0.2, -0.15) is 0 Å². The van der Waals surface area contributed by atoms with E-state index in [1.54, 1.807) is 13.8 Å². The van der Waals surface area contributed by atoms with E-state index in [-0.39, 0.29) is 45.0 Å². The van der Waals surface area contributed by atoms with Crippen LogP contribution in [0.3, 0.4) is 0 Å². The molecule has 0 aromatic heterocycles. The van der Waals surface area contributed by atoms with E-state index in [1.165, 1.54) is 5.19 Å². The number of ether oxygens (including phenoxy) is 2. The molecule has 1 rings (SSSR count). The second kappa shape index (κ2) is 20.9. The quantitative estimate of drug-likeness (QED) is 0.0520. The maximum Gasteiger partial charge on any atom is 0.333 e. The average Bonchev–Trinajstić information content (AvgIpc) is 3.16. The standard InChI is InChI=1S/C49H92O7Si4/c1-25-45(13,53-44(51)38(8)9)36-47(15,27-3)58(20,21)55-49(17,29-5)59(22,23)54-40(11)41(12)60(24,42-33-31-30-32-34-42)56-48(16,28-4)57(18,19)46(14,26-2)35-39(10)52-43(50)37(6)7/h30-34,39-41H,6,8,25-29,35-36H2,1-5,7,9-24H3/t39?,40?,41-,45?,46?,47?,48+,49?,60?/m1/s1. The largest absolute Gasteiger partial charge is 0.459 e. The van der Waals surface area contributed by atoms with E-state index < -0.39 is 43.9 Å². The normalized spacial score (nSPS) is 20.4. The molecule has 0 amide bonds. The summed E-state index contributed by atoms with van der Waals surface area (Å²) in [6, 6.07) is 10.9. The summed E-state index contributed by atoms with van der Waals surface area (Å²) < 4.78 is 35.1. The van der Waals surface area contributed by atoms with Gasteiger partial charge in [-0.25, -0.2) is 9.59 Å². The molecule has 346 valence electrons. The zero-order valence-electron chi connectivity index (χ0n) is 42.8. The number of carbonyl (C=O) groups is 2. The lowest BCUT2D eigenvalue weighted by molar-refractivity contribution is -0.155. The Labute approximate surface area is 374 Å². The number of hydrogen-bond acceptors (Lipinski definition) is 7. The van der Waals surface area contributed by atoms with Crippen molar-refractivity contribution in [3.63, 3.8) is 0 Å². The molecule has 0 saturated carbocycles. The van der Waals surface area contributed by atoms with Gasteiger partial charge in [-0.05, 0) is 129 Å². The van der Waals surface area contributed by atoms with Gasteiger partial charge < -0.3 is 22.8 Å². The van der Waals surface area contributed by atoms with Crippen molar-refractivity contribution >= 4 is 50.2 Å². The number of benzene rings is 1. The molecule has 0 heterocycles. The summed E-state index contributed by atoms with van der Waals surface area (Å²) in [7, 11) is -10.2. The molecule has 0 radical (unpaired) electrons. The number of esters is 2. The molecule has 7 nitrogen and oxygen atoms in total. The van der Waals surface area contributed by atoms with Crippen LogP contribution in [-0.2, 0) is 32.3 Å². The maximum atomic E-state index is 12.8. The highest BCUT2D eigenvalue weighted by atomic mass is 28.4. The van der Waals surface area contributed by atoms with Crippen LogP contribution in [-0.4, -0.2) is 73.2 Å². The molecule has 0 aliphatic heterocycles. The van der Waals surface area contributed by atoms with Crippen molar-refractivity contribution < 1.29 is 32.3 Å². The number of rotatable bonds is 26. The van der Waals surface area contributed by atoms with E-state index >= 15 is 0 Å². The molecule has 0 fully saturated rings. The third-order valence-corrected chi connectivity index (χ3v) is 36.4. The lowest BCUT2D eigenvalue weighted by atomic mass is 9.88. The molecule has 0 saturated heterocycles. The van der Waals surface area contributed by atoms with Gasteiger partial charge in [0.2, 0.25) is 16.6 Å². The van der Waals surface area contributed by atoms with Crippen LogP contribution in [0, 0.1) is 0 Å². The fraction of sp³-hybridized carbons (Fsp3) is 0.755. The molecular weight excluding hydrogens is 813 g/mol. The number of hydrogen-bond donors (Lipinski definition) is 0. The van der Waals surface area contributed by atoms with Gasteiger partial charge in [0, 0.05) is 28.0 Å². The van der Waals surface area contributed by atoms with Crippen molar-refractivity contribution in [1.29, 1.82) is 0 Å². The minimum atomic E-state index is -2.78. The minimum absolute atomic E-state index is 0.0798. The zero-order chi connectivity index (χ0) is 47.1. The van der Waals surface area contributed by atoms with E-state index in [4.69, 9.17) is 22.8 Å². The number of carbonyl (C=O) groups excluding carboxylic acids is 2. The zero-order valence-corrected chi connectivity index (χ0v) is 46.8. The summed E-state index contributed by atoms with van der Waals surface area (Å²) in [5.74, 6) is -0.665.